The molecular formula is C16H18FN5O. The zero-order valence-corrected chi connectivity index (χ0v) is 12.9. The molecule has 23 heavy (non-hydrogen) atoms. The minimum absolute atomic E-state index is 0.275. The van der Waals surface area contributed by atoms with E-state index >= 15 is 0 Å². The van der Waals surface area contributed by atoms with Gasteiger partial charge in [-0.05, 0) is 31.2 Å². The first-order valence-electron chi connectivity index (χ1n) is 7.46. The molecule has 1 aliphatic heterocycles. The topological polar surface area (TPSA) is 61.4 Å². The lowest BCUT2D eigenvalue weighted by atomic mass is 10.3. The molecule has 1 amide bonds. The molecule has 1 aromatic carbocycles. The van der Waals surface area contributed by atoms with Crippen molar-refractivity contribution in [2.45, 2.75) is 6.92 Å². The van der Waals surface area contributed by atoms with Crippen molar-refractivity contribution in [2.24, 2.45) is 0 Å². The van der Waals surface area contributed by atoms with Gasteiger partial charge in [0.1, 0.15) is 23.3 Å². The second-order valence-corrected chi connectivity index (χ2v) is 5.42. The highest BCUT2D eigenvalue weighted by atomic mass is 19.1. The summed E-state index contributed by atoms with van der Waals surface area (Å²) < 4.78 is 13.0. The Kier molecular flexibility index (Phi) is 4.36. The Morgan fingerprint density at radius 1 is 1.13 bits per heavy atom. The Bertz CT molecular complexity index is 683. The van der Waals surface area contributed by atoms with Gasteiger partial charge in [0, 0.05) is 37.9 Å². The van der Waals surface area contributed by atoms with Gasteiger partial charge in [0.05, 0.1) is 0 Å². The monoisotopic (exact) mass is 315 g/mol. The first-order chi connectivity index (χ1) is 11.1. The third-order valence-corrected chi connectivity index (χ3v) is 3.73. The highest BCUT2D eigenvalue weighted by Crippen LogP contribution is 2.21. The number of anilines is 3. The quantitative estimate of drug-likeness (QED) is 0.874. The molecule has 2 aromatic rings. The molecule has 7 heteroatoms. The number of carbonyl (C=O) groups excluding carboxylic acids is 1. The van der Waals surface area contributed by atoms with Crippen molar-refractivity contribution in [2.75, 3.05) is 36.4 Å². The van der Waals surface area contributed by atoms with Gasteiger partial charge in [-0.3, -0.25) is 4.79 Å². The zero-order chi connectivity index (χ0) is 16.2. The second kappa shape index (κ2) is 6.60. The smallest absolute Gasteiger partial charge is 0.209 e. The highest BCUT2D eigenvalue weighted by molar-refractivity contribution is 5.60. The molecule has 0 aliphatic carbocycles. The fraction of sp³-hybridized carbons (Fsp3) is 0.312. The van der Waals surface area contributed by atoms with E-state index in [1.165, 1.54) is 12.1 Å². The summed E-state index contributed by atoms with van der Waals surface area (Å²) in [4.78, 5) is 23.5. The molecule has 1 fully saturated rings. The van der Waals surface area contributed by atoms with Crippen LogP contribution in [-0.2, 0) is 4.79 Å². The average molecular weight is 315 g/mol. The van der Waals surface area contributed by atoms with Crippen LogP contribution in [0.5, 0.6) is 0 Å². The van der Waals surface area contributed by atoms with Crippen molar-refractivity contribution in [3.8, 4) is 0 Å². The predicted octanol–water partition coefficient (Wildman–Crippen LogP) is 1.95. The van der Waals surface area contributed by atoms with Gasteiger partial charge in [0.25, 0.3) is 0 Å². The lowest BCUT2D eigenvalue weighted by molar-refractivity contribution is -0.118. The molecule has 1 N–H and O–H groups in total. The van der Waals surface area contributed by atoms with Crippen molar-refractivity contribution in [1.82, 2.24) is 14.9 Å². The van der Waals surface area contributed by atoms with E-state index in [0.29, 0.717) is 24.7 Å². The van der Waals surface area contributed by atoms with E-state index in [9.17, 15) is 9.18 Å². The highest BCUT2D eigenvalue weighted by Gasteiger charge is 2.17. The van der Waals surface area contributed by atoms with E-state index in [2.05, 4.69) is 20.2 Å². The number of nitrogens with zero attached hydrogens (tertiary/aromatic N) is 4. The largest absolute Gasteiger partial charge is 0.353 e. The van der Waals surface area contributed by atoms with Gasteiger partial charge in [0.15, 0.2) is 0 Å². The summed E-state index contributed by atoms with van der Waals surface area (Å²) in [6.45, 7) is 4.69. The van der Waals surface area contributed by atoms with E-state index in [4.69, 9.17) is 0 Å². The average Bonchev–Trinajstić information content (AvgIpc) is 2.56. The van der Waals surface area contributed by atoms with Crippen LogP contribution in [0.4, 0.5) is 21.7 Å². The molecular weight excluding hydrogens is 297 g/mol. The number of halogens is 1. The minimum Gasteiger partial charge on any atom is -0.353 e. The molecule has 1 aliphatic rings. The molecule has 0 spiro atoms. The van der Waals surface area contributed by atoms with Crippen LogP contribution in [0.1, 0.15) is 5.82 Å². The molecule has 6 nitrogen and oxygen atoms in total. The maximum Gasteiger partial charge on any atom is 0.209 e. The Balaban J connectivity index is 1.76. The first-order valence-corrected chi connectivity index (χ1v) is 7.46. The summed E-state index contributed by atoms with van der Waals surface area (Å²) >= 11 is 0. The van der Waals surface area contributed by atoms with Crippen LogP contribution in [-0.4, -0.2) is 47.5 Å². The van der Waals surface area contributed by atoms with E-state index in [-0.39, 0.29) is 5.82 Å². The van der Waals surface area contributed by atoms with Crippen LogP contribution in [0, 0.1) is 12.7 Å². The van der Waals surface area contributed by atoms with Crippen LogP contribution in [0.3, 0.4) is 0 Å². The lowest BCUT2D eigenvalue weighted by Gasteiger charge is -2.33. The number of aromatic nitrogens is 2. The molecule has 0 bridgehead atoms. The van der Waals surface area contributed by atoms with Crippen LogP contribution in [0.25, 0.3) is 0 Å². The summed E-state index contributed by atoms with van der Waals surface area (Å²) in [5.41, 5.74) is 0.765. The van der Waals surface area contributed by atoms with Crippen molar-refractivity contribution in [1.29, 1.82) is 0 Å². The maximum absolute atomic E-state index is 13.0. The van der Waals surface area contributed by atoms with Crippen LogP contribution < -0.4 is 10.2 Å². The van der Waals surface area contributed by atoms with Gasteiger partial charge >= 0.3 is 0 Å². The van der Waals surface area contributed by atoms with Crippen LogP contribution in [0.2, 0.25) is 0 Å². The van der Waals surface area contributed by atoms with Crippen molar-refractivity contribution in [3.63, 3.8) is 0 Å². The summed E-state index contributed by atoms with van der Waals surface area (Å²) in [6.07, 6.45) is 0.879. The van der Waals surface area contributed by atoms with E-state index < -0.39 is 0 Å². The van der Waals surface area contributed by atoms with Crippen LogP contribution >= 0.6 is 0 Å². The van der Waals surface area contributed by atoms with E-state index in [1.807, 2.05) is 13.0 Å². The number of benzene rings is 1. The Labute approximate surface area is 134 Å². The van der Waals surface area contributed by atoms with E-state index in [1.54, 1.807) is 17.0 Å². The fourth-order valence-electron chi connectivity index (χ4n) is 2.52. The Hall–Kier alpha value is -2.70. The van der Waals surface area contributed by atoms with E-state index in [0.717, 1.165) is 31.0 Å². The number of nitrogens with one attached hydrogen (secondary N) is 1. The summed E-state index contributed by atoms with van der Waals surface area (Å²) in [5.74, 6) is 1.87. The van der Waals surface area contributed by atoms with Gasteiger partial charge in [-0.25, -0.2) is 14.4 Å². The van der Waals surface area contributed by atoms with Crippen molar-refractivity contribution in [3.05, 3.63) is 42.0 Å². The fourth-order valence-corrected chi connectivity index (χ4v) is 2.52. The number of amides is 1. The predicted molar refractivity (Wildman–Crippen MR) is 86.3 cm³/mol. The molecule has 0 atom stereocenters. The Morgan fingerprint density at radius 2 is 1.83 bits per heavy atom. The Morgan fingerprint density at radius 3 is 2.48 bits per heavy atom. The van der Waals surface area contributed by atoms with Crippen LogP contribution in [0.15, 0.2) is 30.3 Å². The molecule has 0 unspecified atom stereocenters. The lowest BCUT2D eigenvalue weighted by Crippen LogP contribution is -2.46. The summed E-state index contributed by atoms with van der Waals surface area (Å²) in [5, 5.41) is 3.16. The number of rotatable bonds is 4. The van der Waals surface area contributed by atoms with Gasteiger partial charge < -0.3 is 15.1 Å². The normalized spacial score (nSPS) is 14.7. The van der Waals surface area contributed by atoms with Crippen molar-refractivity contribution < 1.29 is 9.18 Å². The molecule has 3 rings (SSSR count). The number of carbonyl (C=O) groups is 1. The minimum atomic E-state index is -0.275. The zero-order valence-electron chi connectivity index (χ0n) is 12.9. The number of piperazine rings is 1. The summed E-state index contributed by atoms with van der Waals surface area (Å²) in [7, 11) is 0. The van der Waals surface area contributed by atoms with Gasteiger partial charge in [-0.1, -0.05) is 0 Å². The third-order valence-electron chi connectivity index (χ3n) is 3.73. The molecule has 2 heterocycles. The SMILES string of the molecule is Cc1nc(Nc2ccc(F)cc2)cc(N2CCN(C=O)CC2)n1. The van der Waals surface area contributed by atoms with Crippen molar-refractivity contribution >= 4 is 23.7 Å². The maximum atomic E-state index is 13.0. The van der Waals surface area contributed by atoms with Gasteiger partial charge in [0.2, 0.25) is 6.41 Å². The van der Waals surface area contributed by atoms with Gasteiger partial charge in [-0.2, -0.15) is 0 Å². The number of hydrogen-bond donors (Lipinski definition) is 1. The standard InChI is InChI=1S/C16H18FN5O/c1-12-18-15(20-14-4-2-13(17)3-5-14)10-16(19-12)22-8-6-21(11-23)7-9-22/h2-5,10-11H,6-9H2,1H3,(H,18,19,20). The number of aryl methyl sites for hydroxylation is 1. The molecule has 1 saturated heterocycles. The summed E-state index contributed by atoms with van der Waals surface area (Å²) in [6, 6.07) is 7.99. The molecule has 1 aromatic heterocycles. The molecule has 120 valence electrons. The second-order valence-electron chi connectivity index (χ2n) is 5.42. The molecule has 0 saturated carbocycles. The molecule has 0 radical (unpaired) electrons. The number of hydrogen-bond acceptors (Lipinski definition) is 5. The first kappa shape index (κ1) is 15.2. The third kappa shape index (κ3) is 3.74. The van der Waals surface area contributed by atoms with Gasteiger partial charge in [-0.15, -0.1) is 0 Å².